The number of Topliss-reactive ketones (excluding diaryl/α,β-unsaturated/α-hetero) is 2. The zero-order chi connectivity index (χ0) is 23.9. The van der Waals surface area contributed by atoms with Crippen LogP contribution >= 0.6 is 15.9 Å². The highest BCUT2D eigenvalue weighted by molar-refractivity contribution is 9.10. The van der Waals surface area contributed by atoms with Crippen molar-refractivity contribution in [3.05, 3.63) is 38.6 Å². The molecule has 0 bridgehead atoms. The molecule has 0 spiro atoms. The number of fused-ring (bicyclic) bond motifs is 3. The minimum atomic E-state index is -2.65. The van der Waals surface area contributed by atoms with Gasteiger partial charge in [-0.3, -0.25) is 19.3 Å². The van der Waals surface area contributed by atoms with Crippen molar-refractivity contribution in [3.63, 3.8) is 0 Å². The third kappa shape index (κ3) is 2.68. The van der Waals surface area contributed by atoms with E-state index in [0.717, 1.165) is 0 Å². The van der Waals surface area contributed by atoms with E-state index in [0.29, 0.717) is 10.0 Å². The second kappa shape index (κ2) is 7.06. The fourth-order valence-electron chi connectivity index (χ4n) is 5.28. The Morgan fingerprint density at radius 2 is 1.88 bits per heavy atom. The summed E-state index contributed by atoms with van der Waals surface area (Å²) >= 11 is 3.25. The number of hydrogen-bond acceptors (Lipinski definition) is 9. The Labute approximate surface area is 190 Å². The van der Waals surface area contributed by atoms with E-state index >= 15 is 0 Å². The molecule has 1 fully saturated rings. The Hall–Kier alpha value is -2.89. The first-order valence-electron chi connectivity index (χ1n) is 9.78. The number of phenolic OH excluding ortho intramolecular Hbond substituents is 1. The first-order valence-corrected chi connectivity index (χ1v) is 10.6. The summed E-state index contributed by atoms with van der Waals surface area (Å²) < 4.78 is 0.411. The van der Waals surface area contributed by atoms with E-state index in [4.69, 9.17) is 11.5 Å². The van der Waals surface area contributed by atoms with Crippen molar-refractivity contribution in [1.29, 1.82) is 0 Å². The van der Waals surface area contributed by atoms with Crippen molar-refractivity contribution in [1.82, 2.24) is 4.90 Å². The Kier molecular flexibility index (Phi) is 4.92. The molecule has 32 heavy (non-hydrogen) atoms. The molecule has 0 aliphatic heterocycles. The molecule has 1 saturated carbocycles. The lowest BCUT2D eigenvalue weighted by atomic mass is 9.57. The Morgan fingerprint density at radius 1 is 1.25 bits per heavy atom. The number of halogens is 1. The number of likely N-dealkylation sites (N-methyl/N-ethyl adjacent to an activating group) is 1. The molecule has 1 aromatic rings. The molecule has 11 heteroatoms. The quantitative estimate of drug-likeness (QED) is 0.186. The number of anilines is 1. The number of nitrogens with zero attached hydrogens (tertiary/aromatic N) is 1. The van der Waals surface area contributed by atoms with E-state index in [9.17, 15) is 34.8 Å². The number of ketones is 2. The first-order chi connectivity index (χ1) is 14.8. The maximum Gasteiger partial charge on any atom is 0.255 e. The molecule has 1 aromatic carbocycles. The van der Waals surface area contributed by atoms with Crippen LogP contribution < -0.4 is 11.5 Å². The second-order valence-corrected chi connectivity index (χ2v) is 9.47. The number of benzene rings is 1. The molecule has 8 N–H and O–H groups in total. The monoisotopic (exact) mass is 507 g/mol. The van der Waals surface area contributed by atoms with Crippen LogP contribution in [0.25, 0.3) is 5.76 Å². The predicted octanol–water partition coefficient (Wildman–Crippen LogP) is 0.309. The Morgan fingerprint density at radius 3 is 2.44 bits per heavy atom. The molecule has 2 unspecified atom stereocenters. The summed E-state index contributed by atoms with van der Waals surface area (Å²) in [6, 6.07) is 0.514. The lowest BCUT2D eigenvalue weighted by Crippen LogP contribution is -2.65. The molecule has 0 heterocycles. The van der Waals surface area contributed by atoms with Crippen LogP contribution in [0.4, 0.5) is 5.69 Å². The number of aromatic hydroxyl groups is 1. The smallest absolute Gasteiger partial charge is 0.255 e. The van der Waals surface area contributed by atoms with E-state index in [2.05, 4.69) is 15.9 Å². The van der Waals surface area contributed by atoms with Crippen molar-refractivity contribution in [2.75, 3.05) is 19.8 Å². The number of rotatable bonds is 2. The highest BCUT2D eigenvalue weighted by atomic mass is 79.9. The zero-order valence-corrected chi connectivity index (χ0v) is 18.8. The van der Waals surface area contributed by atoms with Crippen LogP contribution in [0.15, 0.2) is 27.4 Å². The lowest BCUT2D eigenvalue weighted by molar-refractivity contribution is -0.153. The van der Waals surface area contributed by atoms with Gasteiger partial charge in [-0.05, 0) is 60.4 Å². The Balaban J connectivity index is 1.99. The van der Waals surface area contributed by atoms with Gasteiger partial charge < -0.3 is 31.9 Å². The van der Waals surface area contributed by atoms with Gasteiger partial charge in [-0.1, -0.05) is 0 Å². The summed E-state index contributed by atoms with van der Waals surface area (Å²) in [6.45, 7) is 0. The molecule has 170 valence electrons. The largest absolute Gasteiger partial charge is 0.508 e. The standard InChI is InChI=1S/C21H22BrN3O7/c1-25(2)14-8-4-6-3-7-5-9(22)13(23)16(27)10(7)15(26)11(6)18(29)21(8,32)19(30)12(17(14)28)20(24)31/h5-6,8,14,26-27,30,32H,3-4,23H2,1-2H3,(H2,24,31)/t6?,8?,14-,21-/m0/s1. The summed E-state index contributed by atoms with van der Waals surface area (Å²) in [7, 11) is 3.09. The van der Waals surface area contributed by atoms with Crippen LogP contribution in [-0.4, -0.2) is 68.5 Å². The van der Waals surface area contributed by atoms with Crippen molar-refractivity contribution >= 4 is 44.9 Å². The molecule has 0 aromatic heterocycles. The van der Waals surface area contributed by atoms with Gasteiger partial charge in [-0.15, -0.1) is 0 Å². The van der Waals surface area contributed by atoms with Gasteiger partial charge in [0.2, 0.25) is 5.78 Å². The van der Waals surface area contributed by atoms with E-state index in [-0.39, 0.29) is 29.7 Å². The fourth-order valence-corrected chi connectivity index (χ4v) is 5.74. The molecule has 4 atom stereocenters. The molecule has 4 rings (SSSR count). The molecule has 0 saturated heterocycles. The van der Waals surface area contributed by atoms with Crippen molar-refractivity contribution in [3.8, 4) is 5.75 Å². The van der Waals surface area contributed by atoms with Crippen LogP contribution in [0.1, 0.15) is 17.5 Å². The van der Waals surface area contributed by atoms with Gasteiger partial charge >= 0.3 is 0 Å². The van der Waals surface area contributed by atoms with Crippen LogP contribution in [0, 0.1) is 11.8 Å². The molecule has 3 aliphatic rings. The highest BCUT2D eigenvalue weighted by Crippen LogP contribution is 2.53. The number of amides is 1. The second-order valence-electron chi connectivity index (χ2n) is 8.62. The van der Waals surface area contributed by atoms with E-state index in [1.165, 1.54) is 4.90 Å². The number of aliphatic hydroxyl groups is 3. The average Bonchev–Trinajstić information content (AvgIpc) is 2.68. The van der Waals surface area contributed by atoms with E-state index in [1.54, 1.807) is 20.2 Å². The summed E-state index contributed by atoms with van der Waals surface area (Å²) in [6.07, 6.45) is 0.246. The number of carbonyl (C=O) groups excluding carboxylic acids is 3. The first kappa shape index (κ1) is 22.3. The number of hydrogen-bond donors (Lipinski definition) is 6. The number of aliphatic hydroxyl groups excluding tert-OH is 2. The molecular formula is C21H22BrN3O7. The van der Waals surface area contributed by atoms with Crippen molar-refractivity contribution in [2.45, 2.75) is 24.5 Å². The van der Waals surface area contributed by atoms with Crippen molar-refractivity contribution in [2.24, 2.45) is 17.6 Å². The zero-order valence-electron chi connectivity index (χ0n) is 17.2. The minimum absolute atomic E-state index is 0.0362. The van der Waals surface area contributed by atoms with Crippen molar-refractivity contribution < 1.29 is 34.8 Å². The summed E-state index contributed by atoms with van der Waals surface area (Å²) in [4.78, 5) is 39.9. The van der Waals surface area contributed by atoms with Crippen LogP contribution in [0.2, 0.25) is 0 Å². The number of phenols is 1. The maximum atomic E-state index is 13.6. The van der Waals surface area contributed by atoms with Crippen LogP contribution in [0.5, 0.6) is 5.75 Å². The Bertz CT molecular complexity index is 1170. The third-order valence-corrected chi connectivity index (χ3v) is 7.36. The lowest BCUT2D eigenvalue weighted by Gasteiger charge is -2.50. The number of nitrogens with two attached hydrogens (primary N) is 2. The van der Waals surface area contributed by atoms with Gasteiger partial charge in [0.05, 0.1) is 17.3 Å². The molecule has 0 radical (unpaired) electrons. The topological polar surface area (TPSA) is 187 Å². The third-order valence-electron chi connectivity index (χ3n) is 6.70. The van der Waals surface area contributed by atoms with Gasteiger partial charge in [-0.2, -0.15) is 0 Å². The highest BCUT2D eigenvalue weighted by Gasteiger charge is 2.64. The number of carbonyl (C=O) groups is 3. The fraction of sp³-hybridized carbons (Fsp3) is 0.381. The number of nitrogen functional groups attached to an aromatic ring is 1. The minimum Gasteiger partial charge on any atom is -0.508 e. The summed E-state index contributed by atoms with van der Waals surface area (Å²) in [5.41, 5.74) is 7.85. The maximum absolute atomic E-state index is 13.6. The summed E-state index contributed by atoms with van der Waals surface area (Å²) in [5, 5.41) is 43.7. The van der Waals surface area contributed by atoms with Crippen LogP contribution in [-0.2, 0) is 20.8 Å². The van der Waals surface area contributed by atoms with E-state index in [1.807, 2.05) is 0 Å². The molecule has 3 aliphatic carbocycles. The summed E-state index contributed by atoms with van der Waals surface area (Å²) in [5.74, 6) is -6.96. The number of primary amides is 1. The normalized spacial score (nSPS) is 29.7. The SMILES string of the molecule is CN(C)[C@@H]1C(=O)C(C(N)=O)=C(O)[C@@]2(O)C(=O)C3=C(O)c4c(cc(Br)c(N)c4O)CC3CC12. The van der Waals surface area contributed by atoms with Gasteiger partial charge in [0.15, 0.2) is 17.1 Å². The predicted molar refractivity (Wildman–Crippen MR) is 116 cm³/mol. The molecular weight excluding hydrogens is 486 g/mol. The van der Waals surface area contributed by atoms with Gasteiger partial charge in [0, 0.05) is 16.0 Å². The molecule has 10 nitrogen and oxygen atoms in total. The average molecular weight is 508 g/mol. The van der Waals surface area contributed by atoms with Gasteiger partial charge in [0.1, 0.15) is 17.1 Å². The van der Waals surface area contributed by atoms with Crippen LogP contribution in [0.3, 0.4) is 0 Å². The van der Waals surface area contributed by atoms with Gasteiger partial charge in [0.25, 0.3) is 5.91 Å². The van der Waals surface area contributed by atoms with Gasteiger partial charge in [-0.25, -0.2) is 0 Å². The van der Waals surface area contributed by atoms with E-state index < -0.39 is 63.8 Å². The molecule has 1 amide bonds.